The van der Waals surface area contributed by atoms with E-state index in [2.05, 4.69) is 10.3 Å². The number of hydrogen-bond acceptors (Lipinski definition) is 5. The predicted molar refractivity (Wildman–Crippen MR) is 137 cm³/mol. The quantitative estimate of drug-likeness (QED) is 0.332. The van der Waals surface area contributed by atoms with Gasteiger partial charge in [-0.25, -0.2) is 4.98 Å². The fourth-order valence-electron chi connectivity index (χ4n) is 4.39. The first-order valence-electron chi connectivity index (χ1n) is 11.4. The highest BCUT2D eigenvalue weighted by Crippen LogP contribution is 2.25. The Kier molecular flexibility index (Phi) is 6.41. The molecule has 2 amide bonds. The third kappa shape index (κ3) is 4.59. The molecule has 4 aromatic rings. The molecule has 0 aliphatic carbocycles. The van der Waals surface area contributed by atoms with E-state index in [9.17, 15) is 14.4 Å². The number of rotatable bonds is 6. The number of hydrogen-bond donors (Lipinski definition) is 1. The van der Waals surface area contributed by atoms with Crippen molar-refractivity contribution in [2.45, 2.75) is 24.0 Å². The number of nitrogens with one attached hydrogen (secondary N) is 1. The molecule has 3 heterocycles. The van der Waals surface area contributed by atoms with Crippen LogP contribution in [0.25, 0.3) is 16.6 Å². The van der Waals surface area contributed by atoms with Gasteiger partial charge in [0.1, 0.15) is 6.04 Å². The molecule has 1 fully saturated rings. The SMILES string of the molecule is Cn1c(SCC(=O)N2CCC[C@H]2C(=O)Nc2ccccc2-n2cccc2)nc2ccccc2c1=O. The number of thioether (sulfide) groups is 1. The van der Waals surface area contributed by atoms with E-state index in [0.717, 1.165) is 12.1 Å². The molecule has 2 aromatic carbocycles. The van der Waals surface area contributed by atoms with Gasteiger partial charge in [0.2, 0.25) is 11.8 Å². The van der Waals surface area contributed by atoms with Gasteiger partial charge in [-0.2, -0.15) is 0 Å². The normalized spacial score (nSPS) is 15.5. The molecule has 0 radical (unpaired) electrons. The van der Waals surface area contributed by atoms with Gasteiger partial charge in [0.05, 0.1) is 28.0 Å². The molecule has 0 bridgehead atoms. The monoisotopic (exact) mass is 487 g/mol. The maximum absolute atomic E-state index is 13.2. The van der Waals surface area contributed by atoms with Gasteiger partial charge in [-0.05, 0) is 49.2 Å². The summed E-state index contributed by atoms with van der Waals surface area (Å²) in [6, 6.07) is 18.1. The topological polar surface area (TPSA) is 89.2 Å². The van der Waals surface area contributed by atoms with Crippen molar-refractivity contribution in [3.05, 3.63) is 83.4 Å². The minimum Gasteiger partial charge on any atom is -0.330 e. The predicted octanol–water partition coefficient (Wildman–Crippen LogP) is 3.45. The first-order chi connectivity index (χ1) is 17.0. The largest absolute Gasteiger partial charge is 0.330 e. The molecule has 9 heteroatoms. The van der Waals surface area contributed by atoms with E-state index >= 15 is 0 Å². The Morgan fingerprint density at radius 3 is 2.63 bits per heavy atom. The molecule has 8 nitrogen and oxygen atoms in total. The standard InChI is InChI=1S/C26H25N5O3S/c1-29-25(34)18-9-2-3-10-19(18)28-26(29)35-17-23(32)31-16-8-13-22(31)24(33)27-20-11-4-5-12-21(20)30-14-6-7-15-30/h2-7,9-12,14-15,22H,8,13,16-17H2,1H3,(H,27,33)/t22-/m0/s1. The number of carbonyl (C=O) groups is 2. The first-order valence-corrected chi connectivity index (χ1v) is 12.4. The van der Waals surface area contributed by atoms with E-state index in [0.29, 0.717) is 34.7 Å². The first kappa shape index (κ1) is 22.9. The summed E-state index contributed by atoms with van der Waals surface area (Å²) >= 11 is 1.22. The van der Waals surface area contributed by atoms with Crippen molar-refractivity contribution >= 4 is 40.2 Å². The molecule has 0 spiro atoms. The van der Waals surface area contributed by atoms with Gasteiger partial charge in [-0.1, -0.05) is 36.0 Å². The van der Waals surface area contributed by atoms with Crippen LogP contribution in [-0.4, -0.2) is 49.2 Å². The molecule has 5 rings (SSSR count). The zero-order valence-corrected chi connectivity index (χ0v) is 20.1. The van der Waals surface area contributed by atoms with E-state index in [1.807, 2.05) is 59.4 Å². The smallest absolute Gasteiger partial charge is 0.261 e. The molecule has 1 atom stereocenters. The molecule has 35 heavy (non-hydrogen) atoms. The minimum absolute atomic E-state index is 0.0996. The molecule has 1 saturated heterocycles. The van der Waals surface area contributed by atoms with Crippen molar-refractivity contribution in [2.24, 2.45) is 7.05 Å². The summed E-state index contributed by atoms with van der Waals surface area (Å²) in [5.74, 6) is -0.243. The minimum atomic E-state index is -0.533. The summed E-state index contributed by atoms with van der Waals surface area (Å²) < 4.78 is 3.40. The van der Waals surface area contributed by atoms with Crippen molar-refractivity contribution in [2.75, 3.05) is 17.6 Å². The van der Waals surface area contributed by atoms with Crippen LogP contribution in [0, 0.1) is 0 Å². The Morgan fingerprint density at radius 2 is 1.80 bits per heavy atom. The van der Waals surface area contributed by atoms with E-state index in [1.165, 1.54) is 16.3 Å². The Morgan fingerprint density at radius 1 is 1.06 bits per heavy atom. The van der Waals surface area contributed by atoms with Crippen molar-refractivity contribution in [1.29, 1.82) is 0 Å². The van der Waals surface area contributed by atoms with Crippen LogP contribution in [0.4, 0.5) is 5.69 Å². The third-order valence-corrected chi connectivity index (χ3v) is 7.20. The van der Waals surface area contributed by atoms with Gasteiger partial charge in [0.25, 0.3) is 5.56 Å². The number of anilines is 1. The van der Waals surface area contributed by atoms with Crippen molar-refractivity contribution in [3.63, 3.8) is 0 Å². The lowest BCUT2D eigenvalue weighted by Crippen LogP contribution is -2.44. The fraction of sp³-hybridized carbons (Fsp3) is 0.231. The third-order valence-electron chi connectivity index (χ3n) is 6.19. The highest BCUT2D eigenvalue weighted by Gasteiger charge is 2.34. The van der Waals surface area contributed by atoms with E-state index in [1.54, 1.807) is 30.1 Å². The van der Waals surface area contributed by atoms with Crippen LogP contribution in [0.1, 0.15) is 12.8 Å². The number of benzene rings is 2. The van der Waals surface area contributed by atoms with E-state index in [4.69, 9.17) is 0 Å². The number of carbonyl (C=O) groups excluding carboxylic acids is 2. The van der Waals surface area contributed by atoms with Crippen molar-refractivity contribution in [1.82, 2.24) is 19.0 Å². The number of para-hydroxylation sites is 3. The highest BCUT2D eigenvalue weighted by atomic mass is 32.2. The number of aromatic nitrogens is 3. The number of likely N-dealkylation sites (tertiary alicyclic amines) is 1. The van der Waals surface area contributed by atoms with Crippen LogP contribution >= 0.6 is 11.8 Å². The second kappa shape index (κ2) is 9.79. The molecule has 1 aliphatic heterocycles. The van der Waals surface area contributed by atoms with E-state index < -0.39 is 6.04 Å². The van der Waals surface area contributed by atoms with Crippen molar-refractivity contribution < 1.29 is 9.59 Å². The van der Waals surface area contributed by atoms with Gasteiger partial charge in [-0.15, -0.1) is 0 Å². The van der Waals surface area contributed by atoms with Crippen LogP contribution in [0.5, 0.6) is 0 Å². The molecule has 0 saturated carbocycles. The van der Waals surface area contributed by atoms with Gasteiger partial charge < -0.3 is 14.8 Å². The lowest BCUT2D eigenvalue weighted by Gasteiger charge is -2.24. The summed E-state index contributed by atoms with van der Waals surface area (Å²) in [5, 5.41) is 4.04. The van der Waals surface area contributed by atoms with Gasteiger partial charge in [-0.3, -0.25) is 19.0 Å². The average Bonchev–Trinajstić information content (AvgIpc) is 3.58. The number of nitrogens with zero attached hydrogens (tertiary/aromatic N) is 4. The van der Waals surface area contributed by atoms with Crippen LogP contribution in [0.2, 0.25) is 0 Å². The summed E-state index contributed by atoms with van der Waals surface area (Å²) in [6.07, 6.45) is 5.21. The maximum atomic E-state index is 13.2. The van der Waals surface area contributed by atoms with Crippen LogP contribution in [0.3, 0.4) is 0 Å². The summed E-state index contributed by atoms with van der Waals surface area (Å²) in [5.41, 5.74) is 2.01. The van der Waals surface area contributed by atoms with Gasteiger partial charge in [0.15, 0.2) is 5.16 Å². The van der Waals surface area contributed by atoms with Crippen LogP contribution in [0.15, 0.2) is 83.0 Å². The lowest BCUT2D eigenvalue weighted by molar-refractivity contribution is -0.134. The Balaban J connectivity index is 1.29. The number of amides is 2. The molecule has 1 N–H and O–H groups in total. The van der Waals surface area contributed by atoms with Gasteiger partial charge in [0, 0.05) is 26.0 Å². The maximum Gasteiger partial charge on any atom is 0.261 e. The Labute approximate surface area is 206 Å². The lowest BCUT2D eigenvalue weighted by atomic mass is 10.2. The molecule has 178 valence electrons. The summed E-state index contributed by atoms with van der Waals surface area (Å²) in [7, 11) is 1.66. The number of fused-ring (bicyclic) bond motifs is 1. The summed E-state index contributed by atoms with van der Waals surface area (Å²) in [6.45, 7) is 0.529. The zero-order valence-electron chi connectivity index (χ0n) is 19.3. The molecular weight excluding hydrogens is 462 g/mol. The molecular formula is C26H25N5O3S. The second-order valence-electron chi connectivity index (χ2n) is 8.41. The zero-order chi connectivity index (χ0) is 24.4. The highest BCUT2D eigenvalue weighted by molar-refractivity contribution is 7.99. The molecule has 1 aliphatic rings. The molecule has 0 unspecified atom stereocenters. The van der Waals surface area contributed by atoms with Crippen LogP contribution in [-0.2, 0) is 16.6 Å². The van der Waals surface area contributed by atoms with Crippen molar-refractivity contribution in [3.8, 4) is 5.69 Å². The fourth-order valence-corrected chi connectivity index (χ4v) is 5.25. The Bertz CT molecular complexity index is 1450. The van der Waals surface area contributed by atoms with Gasteiger partial charge >= 0.3 is 0 Å². The average molecular weight is 488 g/mol. The second-order valence-corrected chi connectivity index (χ2v) is 9.35. The Hall–Kier alpha value is -3.85. The van der Waals surface area contributed by atoms with Crippen LogP contribution < -0.4 is 10.9 Å². The van der Waals surface area contributed by atoms with E-state index in [-0.39, 0.29) is 23.1 Å². The molecule has 2 aromatic heterocycles. The summed E-state index contributed by atoms with van der Waals surface area (Å²) in [4.78, 5) is 45.1.